The molecule has 0 fully saturated rings. The van der Waals surface area contributed by atoms with Crippen molar-refractivity contribution in [2.24, 2.45) is 0 Å². The van der Waals surface area contributed by atoms with Crippen molar-refractivity contribution in [3.8, 4) is 0 Å². The summed E-state index contributed by atoms with van der Waals surface area (Å²) in [5.41, 5.74) is 1.77. The van der Waals surface area contributed by atoms with Gasteiger partial charge in [-0.05, 0) is 44.5 Å². The summed E-state index contributed by atoms with van der Waals surface area (Å²) >= 11 is 0. The number of nitrogens with one attached hydrogen (secondary N) is 1. The summed E-state index contributed by atoms with van der Waals surface area (Å²) in [5.74, 6) is -0.0457. The number of hydrogen-bond acceptors (Lipinski definition) is 2. The van der Waals surface area contributed by atoms with Gasteiger partial charge >= 0.3 is 0 Å². The fraction of sp³-hybridized carbons (Fsp3) is 0.471. The molecule has 0 aliphatic heterocycles. The molecule has 1 aromatic carbocycles. The van der Waals surface area contributed by atoms with Gasteiger partial charge in [0, 0.05) is 24.7 Å². The Hall–Kier alpha value is -1.68. The molecule has 0 saturated carbocycles. The quantitative estimate of drug-likeness (QED) is 0.845. The molecule has 1 aromatic heterocycles. The number of rotatable bonds is 7. The summed E-state index contributed by atoms with van der Waals surface area (Å²) < 4.78 is 16.0. The van der Waals surface area contributed by atoms with Crippen LogP contribution in [0.15, 0.2) is 36.5 Å². The van der Waals surface area contributed by atoms with Crippen LogP contribution in [0, 0.1) is 5.82 Å². The van der Waals surface area contributed by atoms with Gasteiger partial charge in [0.05, 0.1) is 5.69 Å². The zero-order chi connectivity index (χ0) is 15.2. The largest absolute Gasteiger partial charge is 0.319 e. The molecule has 0 saturated heterocycles. The maximum Gasteiger partial charge on any atom is 0.126 e. The summed E-state index contributed by atoms with van der Waals surface area (Å²) in [6.07, 6.45) is 3.81. The fourth-order valence-electron chi connectivity index (χ4n) is 2.52. The molecule has 21 heavy (non-hydrogen) atoms. The molecular weight excluding hydrogens is 265 g/mol. The third kappa shape index (κ3) is 3.91. The van der Waals surface area contributed by atoms with Crippen LogP contribution in [0.2, 0.25) is 0 Å². The van der Waals surface area contributed by atoms with Gasteiger partial charge in [-0.25, -0.2) is 4.39 Å². The van der Waals surface area contributed by atoms with E-state index >= 15 is 0 Å². The second-order valence-electron chi connectivity index (χ2n) is 5.52. The number of hydrogen-bond donors (Lipinski definition) is 1. The van der Waals surface area contributed by atoms with E-state index in [-0.39, 0.29) is 11.7 Å². The number of halogens is 1. The van der Waals surface area contributed by atoms with E-state index in [4.69, 9.17) is 0 Å². The molecule has 2 unspecified atom stereocenters. The second-order valence-corrected chi connectivity index (χ2v) is 5.52. The molecule has 2 atom stereocenters. The first kappa shape index (κ1) is 15.7. The van der Waals surface area contributed by atoms with Gasteiger partial charge in [-0.2, -0.15) is 5.10 Å². The first-order valence-electron chi connectivity index (χ1n) is 7.58. The Labute approximate surface area is 126 Å². The van der Waals surface area contributed by atoms with Crippen LogP contribution in [0.5, 0.6) is 0 Å². The Morgan fingerprint density at radius 3 is 2.71 bits per heavy atom. The maximum atomic E-state index is 14.0. The predicted octanol–water partition coefficient (Wildman–Crippen LogP) is 3.54. The molecule has 114 valence electrons. The number of likely N-dealkylation sites (N-methyl/N-ethyl adjacent to an activating group) is 1. The summed E-state index contributed by atoms with van der Waals surface area (Å²) in [4.78, 5) is 0. The third-order valence-electron chi connectivity index (χ3n) is 3.96. The zero-order valence-corrected chi connectivity index (χ0v) is 13.0. The Morgan fingerprint density at radius 1 is 1.29 bits per heavy atom. The van der Waals surface area contributed by atoms with E-state index in [2.05, 4.69) is 24.3 Å². The maximum absolute atomic E-state index is 14.0. The molecule has 0 aliphatic rings. The first-order valence-corrected chi connectivity index (χ1v) is 7.58. The van der Waals surface area contributed by atoms with E-state index in [1.165, 1.54) is 6.07 Å². The van der Waals surface area contributed by atoms with Crippen molar-refractivity contribution >= 4 is 0 Å². The summed E-state index contributed by atoms with van der Waals surface area (Å²) in [6.45, 7) is 5.03. The van der Waals surface area contributed by atoms with Crippen LogP contribution in [-0.4, -0.2) is 23.4 Å². The number of nitrogens with zero attached hydrogens (tertiary/aromatic N) is 2. The van der Waals surface area contributed by atoms with Gasteiger partial charge in [0.15, 0.2) is 0 Å². The lowest BCUT2D eigenvalue weighted by atomic mass is 9.94. The number of benzene rings is 1. The van der Waals surface area contributed by atoms with Crippen molar-refractivity contribution in [1.82, 2.24) is 15.1 Å². The lowest BCUT2D eigenvalue weighted by Crippen LogP contribution is -2.20. The van der Waals surface area contributed by atoms with E-state index in [0.29, 0.717) is 6.04 Å². The zero-order valence-electron chi connectivity index (χ0n) is 13.0. The molecule has 1 N–H and O–H groups in total. The van der Waals surface area contributed by atoms with E-state index < -0.39 is 0 Å². The van der Waals surface area contributed by atoms with Crippen LogP contribution in [-0.2, 0) is 6.42 Å². The van der Waals surface area contributed by atoms with Crippen molar-refractivity contribution in [3.63, 3.8) is 0 Å². The van der Waals surface area contributed by atoms with Gasteiger partial charge in [-0.15, -0.1) is 0 Å². The Balaban J connectivity index is 2.17. The predicted molar refractivity (Wildman–Crippen MR) is 84.0 cm³/mol. The minimum Gasteiger partial charge on any atom is -0.319 e. The molecule has 1 heterocycles. The minimum absolute atomic E-state index is 0.0940. The van der Waals surface area contributed by atoms with Crippen LogP contribution in [0.4, 0.5) is 4.39 Å². The molecule has 4 heteroatoms. The van der Waals surface area contributed by atoms with Crippen molar-refractivity contribution in [2.75, 3.05) is 13.6 Å². The summed E-state index contributed by atoms with van der Waals surface area (Å²) in [5, 5.41) is 7.78. The Bertz CT molecular complexity index is 565. The third-order valence-corrected chi connectivity index (χ3v) is 3.96. The summed E-state index contributed by atoms with van der Waals surface area (Å²) in [6, 6.07) is 9.44. The van der Waals surface area contributed by atoms with E-state index in [0.717, 1.165) is 30.6 Å². The van der Waals surface area contributed by atoms with E-state index in [1.54, 1.807) is 6.07 Å². The molecule has 0 bridgehead atoms. The lowest BCUT2D eigenvalue weighted by Gasteiger charge is -2.17. The molecule has 2 aromatic rings. The standard InChI is InChI=1S/C17H24FN3/c1-4-13(2)21-10-9-15(20-21)11-14(12-19-3)16-7-5-6-8-17(16)18/h5-10,13-14,19H,4,11-12H2,1-3H3. The highest BCUT2D eigenvalue weighted by atomic mass is 19.1. The minimum atomic E-state index is -0.140. The van der Waals surface area contributed by atoms with Gasteiger partial charge in [0.1, 0.15) is 5.82 Å². The monoisotopic (exact) mass is 289 g/mol. The van der Waals surface area contributed by atoms with Crippen LogP contribution in [0.1, 0.15) is 43.5 Å². The highest BCUT2D eigenvalue weighted by molar-refractivity contribution is 5.24. The fourth-order valence-corrected chi connectivity index (χ4v) is 2.52. The van der Waals surface area contributed by atoms with Crippen molar-refractivity contribution in [2.45, 2.75) is 38.6 Å². The highest BCUT2D eigenvalue weighted by Crippen LogP contribution is 2.23. The Morgan fingerprint density at radius 2 is 2.05 bits per heavy atom. The second kappa shape index (κ2) is 7.36. The molecule has 3 nitrogen and oxygen atoms in total. The topological polar surface area (TPSA) is 29.9 Å². The molecule has 0 radical (unpaired) electrons. The average Bonchev–Trinajstić information content (AvgIpc) is 2.95. The van der Waals surface area contributed by atoms with Crippen molar-refractivity contribution in [1.29, 1.82) is 0 Å². The average molecular weight is 289 g/mol. The van der Waals surface area contributed by atoms with Crippen molar-refractivity contribution < 1.29 is 4.39 Å². The molecule has 2 rings (SSSR count). The van der Waals surface area contributed by atoms with E-state index in [1.807, 2.05) is 36.1 Å². The number of aromatic nitrogens is 2. The van der Waals surface area contributed by atoms with Crippen LogP contribution < -0.4 is 5.32 Å². The SMILES string of the molecule is CCC(C)n1ccc(CC(CNC)c2ccccc2F)n1. The first-order chi connectivity index (χ1) is 10.2. The van der Waals surface area contributed by atoms with Gasteiger partial charge in [-0.3, -0.25) is 4.68 Å². The van der Waals surface area contributed by atoms with E-state index in [9.17, 15) is 4.39 Å². The van der Waals surface area contributed by atoms with Crippen molar-refractivity contribution in [3.05, 3.63) is 53.6 Å². The van der Waals surface area contributed by atoms with Gasteiger partial charge in [-0.1, -0.05) is 25.1 Å². The molecule has 0 aliphatic carbocycles. The Kier molecular flexibility index (Phi) is 5.51. The summed E-state index contributed by atoms with van der Waals surface area (Å²) in [7, 11) is 1.89. The normalized spacial score (nSPS) is 14.1. The molecule has 0 amide bonds. The van der Waals surface area contributed by atoms with Gasteiger partial charge < -0.3 is 5.32 Å². The smallest absolute Gasteiger partial charge is 0.126 e. The van der Waals surface area contributed by atoms with Crippen LogP contribution >= 0.6 is 0 Å². The van der Waals surface area contributed by atoms with Gasteiger partial charge in [0.2, 0.25) is 0 Å². The van der Waals surface area contributed by atoms with Crippen LogP contribution in [0.25, 0.3) is 0 Å². The van der Waals surface area contributed by atoms with Crippen LogP contribution in [0.3, 0.4) is 0 Å². The lowest BCUT2D eigenvalue weighted by molar-refractivity contribution is 0.470. The van der Waals surface area contributed by atoms with Gasteiger partial charge in [0.25, 0.3) is 0 Å². The molecule has 0 spiro atoms. The molecular formula is C17H24FN3. The highest BCUT2D eigenvalue weighted by Gasteiger charge is 2.17.